The van der Waals surface area contributed by atoms with E-state index in [9.17, 15) is 9.59 Å². The van der Waals surface area contributed by atoms with Crippen LogP contribution < -0.4 is 4.74 Å². The quantitative estimate of drug-likeness (QED) is 0.636. The summed E-state index contributed by atoms with van der Waals surface area (Å²) in [6.45, 7) is 2.16. The van der Waals surface area contributed by atoms with Crippen molar-refractivity contribution in [2.75, 3.05) is 6.61 Å². The van der Waals surface area contributed by atoms with Gasteiger partial charge in [-0.2, -0.15) is 0 Å². The molecule has 1 aliphatic rings. The Bertz CT molecular complexity index is 962. The fourth-order valence-corrected chi connectivity index (χ4v) is 3.37. The summed E-state index contributed by atoms with van der Waals surface area (Å²) in [4.78, 5) is 27.2. The first-order valence-corrected chi connectivity index (χ1v) is 8.87. The highest BCUT2D eigenvalue weighted by atomic mass is 16.5. The Balaban J connectivity index is 1.68. The molecule has 4 nitrogen and oxygen atoms in total. The van der Waals surface area contributed by atoms with Crippen LogP contribution in [0, 0.1) is 6.92 Å². The molecule has 3 aromatic carbocycles. The van der Waals surface area contributed by atoms with Gasteiger partial charge in [0.2, 0.25) is 0 Å². The zero-order valence-electron chi connectivity index (χ0n) is 15.0. The largest absolute Gasteiger partial charge is 0.491 e. The van der Waals surface area contributed by atoms with E-state index >= 15 is 0 Å². The first-order chi connectivity index (χ1) is 13.2. The molecule has 134 valence electrons. The first kappa shape index (κ1) is 17.0. The predicted molar refractivity (Wildman–Crippen MR) is 103 cm³/mol. The van der Waals surface area contributed by atoms with Crippen molar-refractivity contribution in [3.63, 3.8) is 0 Å². The molecule has 0 bridgehead atoms. The topological polar surface area (TPSA) is 46.6 Å². The third kappa shape index (κ3) is 3.10. The van der Waals surface area contributed by atoms with Gasteiger partial charge in [-0.25, -0.2) is 0 Å². The normalized spacial score (nSPS) is 14.2. The smallest absolute Gasteiger partial charge is 0.262 e. The fourth-order valence-electron chi connectivity index (χ4n) is 3.37. The highest BCUT2D eigenvalue weighted by molar-refractivity contribution is 6.21. The summed E-state index contributed by atoms with van der Waals surface area (Å²) in [7, 11) is 0. The zero-order chi connectivity index (χ0) is 18.8. The van der Waals surface area contributed by atoms with Crippen LogP contribution >= 0.6 is 0 Å². The number of rotatable bonds is 5. The van der Waals surface area contributed by atoms with Gasteiger partial charge in [0.05, 0.1) is 17.2 Å². The SMILES string of the molecule is Cc1ccccc1OC[C@H](c1ccccc1)N1C(=O)c2ccccc2C1=O. The van der Waals surface area contributed by atoms with Crippen LogP contribution in [-0.4, -0.2) is 23.3 Å². The standard InChI is InChI=1S/C23H19NO3/c1-16-9-5-8-14-21(16)27-15-20(17-10-3-2-4-11-17)24-22(25)18-12-6-7-13-19(18)23(24)26/h2-14,20H,15H2,1H3/t20-/m1/s1. The Hall–Kier alpha value is -3.40. The maximum absolute atomic E-state index is 12.9. The Morgan fingerprint density at radius 3 is 1.96 bits per heavy atom. The number of carbonyl (C=O) groups is 2. The lowest BCUT2D eigenvalue weighted by Crippen LogP contribution is -2.37. The molecule has 2 amide bonds. The van der Waals surface area contributed by atoms with E-state index in [-0.39, 0.29) is 18.4 Å². The van der Waals surface area contributed by atoms with E-state index in [1.807, 2.05) is 61.5 Å². The molecule has 27 heavy (non-hydrogen) atoms. The number of fused-ring (bicyclic) bond motifs is 1. The average Bonchev–Trinajstić information content (AvgIpc) is 2.96. The van der Waals surface area contributed by atoms with Crippen LogP contribution in [0.5, 0.6) is 5.75 Å². The number of hydrogen-bond acceptors (Lipinski definition) is 3. The molecule has 1 aliphatic heterocycles. The summed E-state index contributed by atoms with van der Waals surface area (Å²) in [5.74, 6) is 0.186. The maximum Gasteiger partial charge on any atom is 0.262 e. The Labute approximate surface area is 158 Å². The lowest BCUT2D eigenvalue weighted by molar-refractivity contribution is 0.0529. The second kappa shape index (κ2) is 7.08. The van der Waals surface area contributed by atoms with Crippen molar-refractivity contribution >= 4 is 11.8 Å². The molecule has 0 N–H and O–H groups in total. The number of hydrogen-bond donors (Lipinski definition) is 0. The summed E-state index contributed by atoms with van der Waals surface area (Å²) >= 11 is 0. The van der Waals surface area contributed by atoms with Crippen molar-refractivity contribution in [2.45, 2.75) is 13.0 Å². The van der Waals surface area contributed by atoms with Gasteiger partial charge >= 0.3 is 0 Å². The van der Waals surface area contributed by atoms with E-state index in [0.29, 0.717) is 11.1 Å². The highest BCUT2D eigenvalue weighted by Gasteiger charge is 2.40. The average molecular weight is 357 g/mol. The molecule has 0 saturated carbocycles. The van der Waals surface area contributed by atoms with E-state index in [0.717, 1.165) is 16.9 Å². The van der Waals surface area contributed by atoms with Crippen molar-refractivity contribution < 1.29 is 14.3 Å². The minimum Gasteiger partial charge on any atom is -0.491 e. The third-order valence-electron chi connectivity index (χ3n) is 4.81. The number of amides is 2. The molecular weight excluding hydrogens is 338 g/mol. The number of ether oxygens (including phenoxy) is 1. The van der Waals surface area contributed by atoms with Gasteiger partial charge in [-0.05, 0) is 36.2 Å². The van der Waals surface area contributed by atoms with Crippen LogP contribution in [0.2, 0.25) is 0 Å². The predicted octanol–water partition coefficient (Wildman–Crippen LogP) is 4.41. The van der Waals surface area contributed by atoms with Crippen LogP contribution in [-0.2, 0) is 0 Å². The van der Waals surface area contributed by atoms with E-state index in [1.165, 1.54) is 4.90 Å². The minimum absolute atomic E-state index is 0.195. The summed E-state index contributed by atoms with van der Waals surface area (Å²) in [5, 5.41) is 0. The third-order valence-corrected chi connectivity index (χ3v) is 4.81. The molecule has 4 heteroatoms. The second-order valence-electron chi connectivity index (χ2n) is 6.53. The van der Waals surface area contributed by atoms with E-state index in [2.05, 4.69) is 0 Å². The van der Waals surface area contributed by atoms with Gasteiger partial charge in [0.25, 0.3) is 11.8 Å². The van der Waals surface area contributed by atoms with Crippen LogP contribution in [0.4, 0.5) is 0 Å². The van der Waals surface area contributed by atoms with Crippen molar-refractivity contribution in [3.8, 4) is 5.75 Å². The van der Waals surface area contributed by atoms with Gasteiger partial charge in [0, 0.05) is 0 Å². The van der Waals surface area contributed by atoms with Gasteiger partial charge in [0.15, 0.2) is 0 Å². The molecule has 1 heterocycles. The van der Waals surface area contributed by atoms with Gasteiger partial charge in [0.1, 0.15) is 12.4 Å². The molecule has 4 rings (SSSR count). The number of para-hydroxylation sites is 1. The lowest BCUT2D eigenvalue weighted by Gasteiger charge is -2.27. The molecule has 3 aromatic rings. The number of aryl methyl sites for hydroxylation is 1. The molecule has 0 aliphatic carbocycles. The van der Waals surface area contributed by atoms with Crippen molar-refractivity contribution in [1.82, 2.24) is 4.90 Å². The monoisotopic (exact) mass is 357 g/mol. The molecule has 1 atom stereocenters. The van der Waals surface area contributed by atoms with Crippen molar-refractivity contribution in [3.05, 3.63) is 101 Å². The molecule has 0 unspecified atom stereocenters. The fraction of sp³-hybridized carbons (Fsp3) is 0.130. The highest BCUT2D eigenvalue weighted by Crippen LogP contribution is 2.32. The minimum atomic E-state index is -0.502. The van der Waals surface area contributed by atoms with Gasteiger partial charge in [-0.15, -0.1) is 0 Å². The van der Waals surface area contributed by atoms with Crippen LogP contribution in [0.25, 0.3) is 0 Å². The van der Waals surface area contributed by atoms with E-state index < -0.39 is 6.04 Å². The number of carbonyl (C=O) groups excluding carboxylic acids is 2. The molecule has 0 spiro atoms. The van der Waals surface area contributed by atoms with Gasteiger partial charge in [-0.1, -0.05) is 60.7 Å². The van der Waals surface area contributed by atoms with E-state index in [4.69, 9.17) is 4.74 Å². The number of benzene rings is 3. The van der Waals surface area contributed by atoms with Crippen LogP contribution in [0.15, 0.2) is 78.9 Å². The zero-order valence-corrected chi connectivity index (χ0v) is 15.0. The Morgan fingerprint density at radius 2 is 1.33 bits per heavy atom. The van der Waals surface area contributed by atoms with Gasteiger partial charge < -0.3 is 4.74 Å². The van der Waals surface area contributed by atoms with Crippen LogP contribution in [0.3, 0.4) is 0 Å². The Kier molecular flexibility index (Phi) is 4.47. The van der Waals surface area contributed by atoms with Crippen LogP contribution in [0.1, 0.15) is 37.9 Å². The molecule has 0 aromatic heterocycles. The lowest BCUT2D eigenvalue weighted by atomic mass is 10.1. The maximum atomic E-state index is 12.9. The summed E-state index contributed by atoms with van der Waals surface area (Å²) in [5.41, 5.74) is 2.76. The summed E-state index contributed by atoms with van der Waals surface area (Å²) in [6.07, 6.45) is 0. The van der Waals surface area contributed by atoms with E-state index in [1.54, 1.807) is 24.3 Å². The molecule has 0 fully saturated rings. The van der Waals surface area contributed by atoms with Gasteiger partial charge in [-0.3, -0.25) is 14.5 Å². The molecule has 0 radical (unpaired) electrons. The van der Waals surface area contributed by atoms with Crippen molar-refractivity contribution in [1.29, 1.82) is 0 Å². The second-order valence-corrected chi connectivity index (χ2v) is 6.53. The molecular formula is C23H19NO3. The first-order valence-electron chi connectivity index (χ1n) is 8.87. The number of imide groups is 1. The summed E-state index contributed by atoms with van der Waals surface area (Å²) in [6, 6.07) is 23.7. The number of nitrogens with zero attached hydrogens (tertiary/aromatic N) is 1. The Morgan fingerprint density at radius 1 is 0.778 bits per heavy atom. The summed E-state index contributed by atoms with van der Waals surface area (Å²) < 4.78 is 6.02. The van der Waals surface area contributed by atoms with Crippen molar-refractivity contribution in [2.24, 2.45) is 0 Å². The molecule has 0 saturated heterocycles.